The van der Waals surface area contributed by atoms with Gasteiger partial charge in [0.15, 0.2) is 11.5 Å². The van der Waals surface area contributed by atoms with E-state index in [-0.39, 0.29) is 0 Å². The first kappa shape index (κ1) is 12.8. The second-order valence-electron chi connectivity index (χ2n) is 3.22. The van der Waals surface area contributed by atoms with Crippen LogP contribution in [0.5, 0.6) is 11.5 Å². The smallest absolute Gasteiger partial charge is 0.334 e. The molecule has 0 saturated heterocycles. The minimum atomic E-state index is -0.623. The van der Waals surface area contributed by atoms with Gasteiger partial charge in [0.1, 0.15) is 0 Å². The van der Waals surface area contributed by atoms with E-state index in [4.69, 9.17) is 15.2 Å². The Kier molecular flexibility index (Phi) is 4.33. The highest BCUT2D eigenvalue weighted by molar-refractivity contribution is 5.82. The summed E-state index contributed by atoms with van der Waals surface area (Å²) in [4.78, 5) is 10.7. The van der Waals surface area contributed by atoms with Crippen LogP contribution in [0, 0.1) is 0 Å². The molecule has 0 spiro atoms. The zero-order valence-electron chi connectivity index (χ0n) is 10.0. The Hall–Kier alpha value is -2.24. The minimum Gasteiger partial charge on any atom is -0.493 e. The molecule has 2 N–H and O–H groups in total. The maximum absolute atomic E-state index is 10.7. The van der Waals surface area contributed by atoms with Crippen molar-refractivity contribution in [2.75, 3.05) is 21.3 Å². The Labute approximate surface area is 99.6 Å². The van der Waals surface area contributed by atoms with Crippen LogP contribution in [0.3, 0.4) is 0 Å². The van der Waals surface area contributed by atoms with E-state index in [1.54, 1.807) is 32.4 Å². The summed E-state index contributed by atoms with van der Waals surface area (Å²) >= 11 is 0. The number of benzene rings is 1. The van der Waals surface area contributed by atoms with Gasteiger partial charge >= 0.3 is 6.03 Å². The molecule has 6 nitrogen and oxygen atoms in total. The van der Waals surface area contributed by atoms with Gasteiger partial charge in [-0.2, -0.15) is 5.10 Å². The number of methoxy groups -OCH3 is 2. The number of nitrogens with zero attached hydrogens (tertiary/aromatic N) is 2. The number of hydrazone groups is 1. The molecule has 0 saturated carbocycles. The van der Waals surface area contributed by atoms with Crippen molar-refractivity contribution in [3.8, 4) is 11.5 Å². The average Bonchev–Trinajstić information content (AvgIpc) is 2.35. The molecule has 0 fully saturated rings. The number of carbonyl (C=O) groups is 1. The molecule has 0 aromatic heterocycles. The van der Waals surface area contributed by atoms with Crippen LogP contribution in [0.4, 0.5) is 4.79 Å². The predicted molar refractivity (Wildman–Crippen MR) is 64.5 cm³/mol. The maximum atomic E-state index is 10.7. The Balaban J connectivity index is 2.89. The molecular weight excluding hydrogens is 222 g/mol. The van der Waals surface area contributed by atoms with E-state index >= 15 is 0 Å². The molecule has 1 rings (SSSR count). The number of hydrogen-bond acceptors (Lipinski definition) is 4. The number of hydrogen-bond donors (Lipinski definition) is 1. The fourth-order valence-corrected chi connectivity index (χ4v) is 1.14. The van der Waals surface area contributed by atoms with Gasteiger partial charge in [-0.05, 0) is 23.8 Å². The second-order valence-corrected chi connectivity index (χ2v) is 3.22. The number of ether oxygens (including phenoxy) is 2. The van der Waals surface area contributed by atoms with Crippen LogP contribution in [-0.2, 0) is 0 Å². The van der Waals surface area contributed by atoms with Crippen LogP contribution in [0.1, 0.15) is 5.56 Å². The lowest BCUT2D eigenvalue weighted by Gasteiger charge is -2.08. The van der Waals surface area contributed by atoms with Crippen molar-refractivity contribution in [1.29, 1.82) is 0 Å². The number of carbonyl (C=O) groups excluding carboxylic acids is 1. The molecule has 2 amide bonds. The molecule has 0 radical (unpaired) electrons. The van der Waals surface area contributed by atoms with Crippen molar-refractivity contribution in [3.05, 3.63) is 23.8 Å². The largest absolute Gasteiger partial charge is 0.493 e. The first-order valence-corrected chi connectivity index (χ1v) is 4.87. The third-order valence-electron chi connectivity index (χ3n) is 2.11. The van der Waals surface area contributed by atoms with Crippen molar-refractivity contribution in [2.45, 2.75) is 0 Å². The van der Waals surface area contributed by atoms with E-state index in [0.29, 0.717) is 11.5 Å². The van der Waals surface area contributed by atoms with E-state index in [1.807, 2.05) is 0 Å². The van der Waals surface area contributed by atoms with E-state index in [0.717, 1.165) is 10.6 Å². The normalized spacial score (nSPS) is 10.3. The molecule has 6 heteroatoms. The quantitative estimate of drug-likeness (QED) is 0.628. The predicted octanol–water partition coefficient (Wildman–Crippen LogP) is 1.05. The molecule has 0 aliphatic heterocycles. The van der Waals surface area contributed by atoms with E-state index in [2.05, 4.69) is 5.10 Å². The van der Waals surface area contributed by atoms with E-state index < -0.39 is 6.03 Å². The van der Waals surface area contributed by atoms with Gasteiger partial charge in [0.25, 0.3) is 0 Å². The van der Waals surface area contributed by atoms with Gasteiger partial charge in [0.05, 0.1) is 20.4 Å². The summed E-state index contributed by atoms with van der Waals surface area (Å²) in [6.07, 6.45) is 1.51. The Morgan fingerprint density at radius 2 is 2.00 bits per heavy atom. The number of rotatable bonds is 4. The van der Waals surface area contributed by atoms with Crippen molar-refractivity contribution in [1.82, 2.24) is 5.01 Å². The first-order chi connectivity index (χ1) is 8.08. The van der Waals surface area contributed by atoms with E-state index in [1.165, 1.54) is 13.3 Å². The standard InChI is InChI=1S/C11H15N3O3/c1-14(11(12)15)13-7-8-4-5-9(16-2)10(6-8)17-3/h4-7H,1-3H3,(H2,12,15). The molecule has 0 bridgehead atoms. The highest BCUT2D eigenvalue weighted by Gasteiger charge is 2.03. The van der Waals surface area contributed by atoms with Gasteiger partial charge in [0, 0.05) is 7.05 Å². The Morgan fingerprint density at radius 3 is 2.53 bits per heavy atom. The van der Waals surface area contributed by atoms with Crippen LogP contribution < -0.4 is 15.2 Å². The Morgan fingerprint density at radius 1 is 1.35 bits per heavy atom. The summed E-state index contributed by atoms with van der Waals surface area (Å²) in [5.41, 5.74) is 5.80. The SMILES string of the molecule is COc1ccc(C=NN(C)C(N)=O)cc1OC. The third-order valence-corrected chi connectivity index (χ3v) is 2.11. The topological polar surface area (TPSA) is 77.1 Å². The second kappa shape index (κ2) is 5.74. The van der Waals surface area contributed by atoms with Gasteiger partial charge in [-0.15, -0.1) is 0 Å². The highest BCUT2D eigenvalue weighted by Crippen LogP contribution is 2.26. The fourth-order valence-electron chi connectivity index (χ4n) is 1.14. The summed E-state index contributed by atoms with van der Waals surface area (Å²) in [6.45, 7) is 0. The van der Waals surface area contributed by atoms with Gasteiger partial charge in [-0.25, -0.2) is 9.80 Å². The van der Waals surface area contributed by atoms with Crippen molar-refractivity contribution in [3.63, 3.8) is 0 Å². The maximum Gasteiger partial charge on any atom is 0.334 e. The molecule has 17 heavy (non-hydrogen) atoms. The average molecular weight is 237 g/mol. The summed E-state index contributed by atoms with van der Waals surface area (Å²) in [6, 6.07) is 4.67. The molecule has 92 valence electrons. The van der Waals surface area contributed by atoms with Gasteiger partial charge in [-0.1, -0.05) is 0 Å². The summed E-state index contributed by atoms with van der Waals surface area (Å²) in [7, 11) is 4.58. The zero-order valence-corrected chi connectivity index (χ0v) is 10.0. The number of primary amides is 1. The van der Waals surface area contributed by atoms with Crippen molar-refractivity contribution in [2.24, 2.45) is 10.8 Å². The third kappa shape index (κ3) is 3.37. The fraction of sp³-hybridized carbons (Fsp3) is 0.273. The highest BCUT2D eigenvalue weighted by atomic mass is 16.5. The van der Waals surface area contributed by atoms with Crippen molar-refractivity contribution >= 4 is 12.2 Å². The lowest BCUT2D eigenvalue weighted by Crippen LogP contribution is -2.27. The van der Waals surface area contributed by atoms with Gasteiger partial charge in [0.2, 0.25) is 0 Å². The van der Waals surface area contributed by atoms with Crippen LogP contribution >= 0.6 is 0 Å². The summed E-state index contributed by atoms with van der Waals surface area (Å²) in [5, 5.41) is 4.90. The van der Waals surface area contributed by atoms with Gasteiger partial charge in [-0.3, -0.25) is 0 Å². The number of urea groups is 1. The molecule has 0 aliphatic carbocycles. The number of amides is 2. The van der Waals surface area contributed by atoms with Crippen LogP contribution in [0.2, 0.25) is 0 Å². The molecule has 1 aromatic carbocycles. The molecule has 0 unspecified atom stereocenters. The molecule has 0 aliphatic rings. The molecule has 0 atom stereocenters. The molecule has 0 heterocycles. The van der Waals surface area contributed by atoms with Gasteiger partial charge < -0.3 is 15.2 Å². The monoisotopic (exact) mass is 237 g/mol. The summed E-state index contributed by atoms with van der Waals surface area (Å²) in [5.74, 6) is 1.23. The number of nitrogens with two attached hydrogens (primary N) is 1. The lowest BCUT2D eigenvalue weighted by atomic mass is 10.2. The minimum absolute atomic E-state index is 0.596. The zero-order chi connectivity index (χ0) is 12.8. The molecule has 1 aromatic rings. The van der Waals surface area contributed by atoms with Crippen molar-refractivity contribution < 1.29 is 14.3 Å². The first-order valence-electron chi connectivity index (χ1n) is 4.87. The van der Waals surface area contributed by atoms with E-state index in [9.17, 15) is 4.79 Å². The van der Waals surface area contributed by atoms with Crippen LogP contribution in [-0.4, -0.2) is 38.5 Å². The summed E-state index contributed by atoms with van der Waals surface area (Å²) < 4.78 is 10.2. The lowest BCUT2D eigenvalue weighted by molar-refractivity contribution is 0.220. The van der Waals surface area contributed by atoms with Crippen LogP contribution in [0.25, 0.3) is 0 Å². The van der Waals surface area contributed by atoms with Crippen LogP contribution in [0.15, 0.2) is 23.3 Å². The Bertz CT molecular complexity index is 432. The molecular formula is C11H15N3O3.